The highest BCUT2D eigenvalue weighted by Gasteiger charge is 2.28. The molecular weight excluding hydrogens is 589 g/mol. The van der Waals surface area contributed by atoms with Crippen molar-refractivity contribution in [2.75, 3.05) is 44.9 Å². The van der Waals surface area contributed by atoms with E-state index < -0.39 is 30.2 Å². The third-order valence-corrected chi connectivity index (χ3v) is 7.83. The second-order valence-electron chi connectivity index (χ2n) is 10.4. The van der Waals surface area contributed by atoms with E-state index in [2.05, 4.69) is 25.3 Å². The largest absolute Gasteiger partial charge is 0.460 e. The number of carbonyl (C=O) groups is 3. The van der Waals surface area contributed by atoms with Crippen LogP contribution in [0.1, 0.15) is 51.5 Å². The minimum atomic E-state index is -1.31. The van der Waals surface area contributed by atoms with E-state index in [-0.39, 0.29) is 46.3 Å². The molecule has 10 nitrogen and oxygen atoms in total. The van der Waals surface area contributed by atoms with Crippen LogP contribution in [-0.4, -0.2) is 83.1 Å². The molecule has 0 unspecified atom stereocenters. The molecule has 1 atom stereocenters. The highest BCUT2D eigenvalue weighted by Crippen LogP contribution is 2.26. The minimum Gasteiger partial charge on any atom is -0.460 e. The number of imidazole rings is 1. The predicted octanol–water partition coefficient (Wildman–Crippen LogP) is 3.92. The summed E-state index contributed by atoms with van der Waals surface area (Å²) >= 11 is 6.41. The van der Waals surface area contributed by atoms with Crippen molar-refractivity contribution < 1.29 is 32.3 Å². The normalized spacial score (nSPS) is 16.8. The van der Waals surface area contributed by atoms with Crippen LogP contribution in [0.3, 0.4) is 0 Å². The summed E-state index contributed by atoms with van der Waals surface area (Å²) in [6, 6.07) is 7.10. The predicted molar refractivity (Wildman–Crippen MR) is 152 cm³/mol. The molecule has 2 saturated heterocycles. The molecule has 5 rings (SSSR count). The Morgan fingerprint density at radius 1 is 1.07 bits per heavy atom. The van der Waals surface area contributed by atoms with E-state index in [4.69, 9.17) is 11.6 Å². The number of hydrogen-bond donors (Lipinski definition) is 3. The fourth-order valence-corrected chi connectivity index (χ4v) is 5.47. The van der Waals surface area contributed by atoms with Crippen LogP contribution in [0.5, 0.6) is 5.75 Å². The van der Waals surface area contributed by atoms with E-state index in [1.54, 1.807) is 9.80 Å². The van der Waals surface area contributed by atoms with Crippen molar-refractivity contribution in [3.63, 3.8) is 0 Å². The minimum absolute atomic E-state index is 0.0410. The van der Waals surface area contributed by atoms with Crippen molar-refractivity contribution in [3.8, 4) is 5.75 Å². The Labute approximate surface area is 250 Å². The number of rotatable bonds is 9. The van der Waals surface area contributed by atoms with Gasteiger partial charge >= 0.3 is 0 Å². The lowest BCUT2D eigenvalue weighted by Crippen LogP contribution is -2.51. The molecule has 2 aromatic carbocycles. The van der Waals surface area contributed by atoms with Crippen molar-refractivity contribution >= 4 is 35.0 Å². The number of hydrogen-bond acceptors (Lipinski definition) is 6. The first-order valence-electron chi connectivity index (χ1n) is 13.8. The van der Waals surface area contributed by atoms with E-state index in [0.29, 0.717) is 44.0 Å². The van der Waals surface area contributed by atoms with Gasteiger partial charge in [0.15, 0.2) is 17.4 Å². The van der Waals surface area contributed by atoms with Crippen LogP contribution in [0.2, 0.25) is 5.02 Å². The van der Waals surface area contributed by atoms with Crippen LogP contribution in [0.25, 0.3) is 0 Å². The zero-order chi connectivity index (χ0) is 30.5. The van der Waals surface area contributed by atoms with Gasteiger partial charge in [-0.25, -0.2) is 13.8 Å². The third-order valence-electron chi connectivity index (χ3n) is 7.52. The summed E-state index contributed by atoms with van der Waals surface area (Å²) in [6.45, 7) is 1.34. The summed E-state index contributed by atoms with van der Waals surface area (Å²) < 4.78 is 45.1. The van der Waals surface area contributed by atoms with Crippen LogP contribution in [0.4, 0.5) is 18.9 Å². The molecule has 1 aromatic heterocycles. The van der Waals surface area contributed by atoms with E-state index in [9.17, 15) is 27.6 Å². The zero-order valence-corrected chi connectivity index (χ0v) is 23.9. The molecule has 0 bridgehead atoms. The summed E-state index contributed by atoms with van der Waals surface area (Å²) in [5.74, 6) is -3.92. The van der Waals surface area contributed by atoms with Crippen LogP contribution >= 0.6 is 11.6 Å². The standard InChI is InChI=1S/C29H30ClF3N6O4/c30-22-13-19(4-5-21(22)29(42)39-10-8-38(9-11-39)24(40)14-18-2-1-7-34-18)37-28(41)27-35-15-20(36-27)12-17-3-6-23(43-16-31)26(33)25(17)32/h3-6,13,15,18,34H,1-2,7-12,14,16H2,(H,35,36)(H,37,41)/t18-/m0/s1. The lowest BCUT2D eigenvalue weighted by atomic mass is 10.1. The molecule has 0 aliphatic carbocycles. The molecule has 2 aliphatic rings. The number of ether oxygens (including phenoxy) is 1. The van der Waals surface area contributed by atoms with Gasteiger partial charge in [0.1, 0.15) is 0 Å². The van der Waals surface area contributed by atoms with Crippen LogP contribution in [0.15, 0.2) is 36.5 Å². The number of halogens is 4. The number of benzene rings is 2. The summed E-state index contributed by atoms with van der Waals surface area (Å²) in [5.41, 5.74) is 0.878. The van der Waals surface area contributed by atoms with Crippen LogP contribution < -0.4 is 15.4 Å². The number of nitrogens with zero attached hydrogens (tertiary/aromatic N) is 3. The summed E-state index contributed by atoms with van der Waals surface area (Å²) in [4.78, 5) is 48.7. The number of alkyl halides is 1. The molecule has 14 heteroatoms. The number of amides is 3. The van der Waals surface area contributed by atoms with Gasteiger partial charge in [0.2, 0.25) is 18.6 Å². The number of nitrogens with one attached hydrogen (secondary N) is 3. The number of aromatic amines is 1. The third kappa shape index (κ3) is 7.11. The molecule has 2 aliphatic heterocycles. The number of H-pyrrole nitrogens is 1. The van der Waals surface area contributed by atoms with Crippen molar-refractivity contribution in [2.24, 2.45) is 0 Å². The average molecular weight is 619 g/mol. The number of anilines is 1. The van der Waals surface area contributed by atoms with Gasteiger partial charge in [-0.2, -0.15) is 4.39 Å². The van der Waals surface area contributed by atoms with Gasteiger partial charge in [0, 0.05) is 62.6 Å². The monoisotopic (exact) mass is 618 g/mol. The zero-order valence-electron chi connectivity index (χ0n) is 23.1. The van der Waals surface area contributed by atoms with Crippen molar-refractivity contribution in [1.82, 2.24) is 25.1 Å². The van der Waals surface area contributed by atoms with Crippen LogP contribution in [0, 0.1) is 11.6 Å². The lowest BCUT2D eigenvalue weighted by molar-refractivity contribution is -0.133. The molecule has 43 heavy (non-hydrogen) atoms. The van der Waals surface area contributed by atoms with Crippen molar-refractivity contribution in [2.45, 2.75) is 31.7 Å². The smallest absolute Gasteiger partial charge is 0.291 e. The summed E-state index contributed by atoms with van der Waals surface area (Å²) in [6.07, 6.45) is 3.75. The Balaban J connectivity index is 1.15. The lowest BCUT2D eigenvalue weighted by Gasteiger charge is -2.35. The van der Waals surface area contributed by atoms with Gasteiger partial charge in [0.05, 0.1) is 10.6 Å². The van der Waals surface area contributed by atoms with Gasteiger partial charge in [-0.3, -0.25) is 14.4 Å². The van der Waals surface area contributed by atoms with Crippen LogP contribution in [-0.2, 0) is 11.2 Å². The second kappa shape index (κ2) is 13.5. The first kappa shape index (κ1) is 30.4. The fourth-order valence-electron chi connectivity index (χ4n) is 5.20. The highest BCUT2D eigenvalue weighted by molar-refractivity contribution is 6.34. The first-order chi connectivity index (χ1) is 20.7. The summed E-state index contributed by atoms with van der Waals surface area (Å²) in [7, 11) is 0. The Hall–Kier alpha value is -4.10. The van der Waals surface area contributed by atoms with E-state index in [1.165, 1.54) is 30.5 Å². The number of carbonyl (C=O) groups excluding carboxylic acids is 3. The van der Waals surface area contributed by atoms with Crippen molar-refractivity contribution in [1.29, 1.82) is 0 Å². The molecule has 3 amide bonds. The fraction of sp³-hybridized carbons (Fsp3) is 0.379. The van der Waals surface area contributed by atoms with Gasteiger partial charge in [-0.1, -0.05) is 17.7 Å². The van der Waals surface area contributed by atoms with E-state index >= 15 is 0 Å². The van der Waals surface area contributed by atoms with Gasteiger partial charge in [0.25, 0.3) is 11.8 Å². The second-order valence-corrected chi connectivity index (χ2v) is 10.8. The van der Waals surface area contributed by atoms with Crippen molar-refractivity contribution in [3.05, 3.63) is 75.8 Å². The van der Waals surface area contributed by atoms with Gasteiger partial charge in [-0.05, 0) is 49.2 Å². The molecule has 0 radical (unpaired) electrons. The molecular formula is C29H30ClF3N6O4. The Bertz CT molecular complexity index is 1510. The Morgan fingerprint density at radius 3 is 2.53 bits per heavy atom. The highest BCUT2D eigenvalue weighted by atomic mass is 35.5. The molecule has 0 saturated carbocycles. The summed E-state index contributed by atoms with van der Waals surface area (Å²) in [5, 5.41) is 6.11. The molecule has 2 fully saturated rings. The molecule has 3 heterocycles. The number of piperazine rings is 1. The maximum Gasteiger partial charge on any atom is 0.291 e. The maximum atomic E-state index is 14.3. The Morgan fingerprint density at radius 2 is 1.84 bits per heavy atom. The molecule has 3 N–H and O–H groups in total. The van der Waals surface area contributed by atoms with E-state index in [1.807, 2.05) is 0 Å². The molecule has 228 valence electrons. The molecule has 0 spiro atoms. The Kier molecular flexibility index (Phi) is 9.51. The maximum absolute atomic E-state index is 14.3. The van der Waals surface area contributed by atoms with Gasteiger partial charge in [-0.15, -0.1) is 0 Å². The molecule has 3 aromatic rings. The first-order valence-corrected chi connectivity index (χ1v) is 14.2. The topological polar surface area (TPSA) is 120 Å². The van der Waals surface area contributed by atoms with E-state index in [0.717, 1.165) is 25.5 Å². The quantitative estimate of drug-likeness (QED) is 0.335. The number of aromatic nitrogens is 2. The van der Waals surface area contributed by atoms with Gasteiger partial charge < -0.3 is 30.2 Å². The SMILES string of the molecule is O=C(Nc1ccc(C(=O)N2CCN(C(=O)C[C@@H]3CCCN3)CC2)c(Cl)c1)c1ncc(Cc2ccc(OCF)c(F)c2F)[nH]1. The average Bonchev–Trinajstić information content (AvgIpc) is 3.69.